The number of fused-ring (bicyclic) bond motifs is 8. The van der Waals surface area contributed by atoms with Gasteiger partial charge in [-0.1, -0.05) is 152 Å². The van der Waals surface area contributed by atoms with Gasteiger partial charge in [-0.15, -0.1) is 0 Å². The lowest BCUT2D eigenvalue weighted by Gasteiger charge is -2.17. The lowest BCUT2D eigenvalue weighted by Crippen LogP contribution is -1.93. The first-order chi connectivity index (χ1) is 25.2. The Morgan fingerprint density at radius 3 is 1.12 bits per heavy atom. The molecule has 234 valence electrons. The second-order valence-electron chi connectivity index (χ2n) is 14.2. The van der Waals surface area contributed by atoms with Gasteiger partial charge in [0, 0.05) is 27.2 Å². The molecular weight excluding hydrogens is 615 g/mol. The highest BCUT2D eigenvalue weighted by Gasteiger charge is 2.19. The van der Waals surface area contributed by atoms with Crippen LogP contribution in [0.15, 0.2) is 164 Å². The van der Waals surface area contributed by atoms with E-state index in [1.54, 1.807) is 0 Å². The van der Waals surface area contributed by atoms with Crippen LogP contribution in [0.2, 0.25) is 0 Å². The lowest BCUT2D eigenvalue weighted by molar-refractivity contribution is 1.79. The van der Waals surface area contributed by atoms with Crippen molar-refractivity contribution in [2.45, 2.75) is 0 Å². The zero-order valence-corrected chi connectivity index (χ0v) is 27.7. The molecule has 0 aliphatic carbocycles. The molecule has 0 heterocycles. The van der Waals surface area contributed by atoms with Crippen molar-refractivity contribution in [3.63, 3.8) is 0 Å². The summed E-state index contributed by atoms with van der Waals surface area (Å²) >= 11 is 0. The molecule has 0 aliphatic rings. The van der Waals surface area contributed by atoms with Crippen molar-refractivity contribution in [2.24, 2.45) is 0 Å². The Morgan fingerprint density at radius 2 is 0.569 bits per heavy atom. The van der Waals surface area contributed by atoms with Crippen LogP contribution >= 0.6 is 0 Å². The van der Waals surface area contributed by atoms with E-state index < -0.39 is 0 Å². The van der Waals surface area contributed by atoms with Crippen molar-refractivity contribution in [3.8, 4) is 0 Å². The maximum absolute atomic E-state index is 7.56. The van der Waals surface area contributed by atoms with E-state index >= 15 is 0 Å². The topological polar surface area (TPSA) is 26.0 Å². The minimum atomic E-state index is 0.814. The number of rotatable bonds is 0. The van der Waals surface area contributed by atoms with Crippen LogP contribution in [0.1, 0.15) is 0 Å². The highest BCUT2D eigenvalue weighted by atomic mass is 14.6. The van der Waals surface area contributed by atoms with Crippen LogP contribution < -0.4 is 5.73 Å². The van der Waals surface area contributed by atoms with E-state index in [1.807, 2.05) is 0 Å². The molecule has 0 saturated heterocycles. The van der Waals surface area contributed by atoms with Crippen LogP contribution in [0.5, 0.6) is 0 Å². The molecule has 0 fully saturated rings. The fraction of sp³-hybridized carbons (Fsp3) is 0. The normalized spacial score (nSPS) is 12.4. The summed E-state index contributed by atoms with van der Waals surface area (Å²) in [6, 6.07) is 61.2. The van der Waals surface area contributed by atoms with E-state index in [0.717, 1.165) is 21.8 Å². The Hall–Kier alpha value is -6.70. The molecule has 2 N–H and O–H groups in total. The molecule has 0 saturated carbocycles. The molecule has 0 radical (unpaired) electrons. The van der Waals surface area contributed by atoms with Gasteiger partial charge in [0.2, 0.25) is 0 Å². The Bertz CT molecular complexity index is 3480. The summed E-state index contributed by atoms with van der Waals surface area (Å²) in [5.74, 6) is 0. The summed E-state index contributed by atoms with van der Waals surface area (Å²) < 4.78 is 0. The summed E-state index contributed by atoms with van der Waals surface area (Å²) in [6.45, 7) is 0. The fourth-order valence-corrected chi connectivity index (χ4v) is 9.47. The van der Waals surface area contributed by atoms with Gasteiger partial charge in [-0.05, 0) is 109 Å². The third kappa shape index (κ3) is 3.50. The molecule has 14 rings (SSSR count). The summed E-state index contributed by atoms with van der Waals surface area (Å²) in [7, 11) is 0. The molecule has 8 bridgehead atoms. The molecule has 0 atom stereocenters. The van der Waals surface area contributed by atoms with Gasteiger partial charge in [-0.2, -0.15) is 0 Å². The van der Waals surface area contributed by atoms with Crippen LogP contribution in [0.4, 0.5) is 5.69 Å². The van der Waals surface area contributed by atoms with Gasteiger partial charge < -0.3 is 5.73 Å². The summed E-state index contributed by atoms with van der Waals surface area (Å²) in [5.41, 5.74) is 8.38. The minimum absolute atomic E-state index is 0.814. The Kier molecular flexibility index (Phi) is 5.17. The first-order valence-electron chi connectivity index (χ1n) is 17.7. The molecule has 1 heteroatoms. The average molecular weight is 644 g/mol. The van der Waals surface area contributed by atoms with Crippen molar-refractivity contribution >= 4 is 124 Å². The van der Waals surface area contributed by atoms with E-state index in [0.29, 0.717) is 0 Å². The van der Waals surface area contributed by atoms with Crippen LogP contribution in [0.25, 0.3) is 118 Å². The predicted molar refractivity (Wildman–Crippen MR) is 223 cm³/mol. The molecule has 14 aromatic rings. The number of hydrogen-bond donors (Lipinski definition) is 1. The maximum Gasteiger partial charge on any atom is 0.0480 e. The Morgan fingerprint density at radius 1 is 0.216 bits per heavy atom. The molecule has 0 spiro atoms. The van der Waals surface area contributed by atoms with Gasteiger partial charge in [-0.25, -0.2) is 0 Å². The third-order valence-electron chi connectivity index (χ3n) is 11.7. The Labute approximate surface area is 292 Å². The molecule has 51 heavy (non-hydrogen) atoms. The third-order valence-corrected chi connectivity index (χ3v) is 11.7. The largest absolute Gasteiger partial charge is 0.398 e. The average Bonchev–Trinajstić information content (AvgIpc) is 3.23. The molecule has 0 unspecified atom stereocenters. The summed E-state index contributed by atoms with van der Waals surface area (Å²) in [5, 5.41) is 26.7. The van der Waals surface area contributed by atoms with Crippen molar-refractivity contribution in [2.75, 3.05) is 5.73 Å². The highest BCUT2D eigenvalue weighted by Crippen LogP contribution is 2.47. The van der Waals surface area contributed by atoms with E-state index in [4.69, 9.17) is 5.73 Å². The van der Waals surface area contributed by atoms with Crippen LogP contribution in [-0.4, -0.2) is 0 Å². The van der Waals surface area contributed by atoms with E-state index in [9.17, 15) is 0 Å². The van der Waals surface area contributed by atoms with E-state index in [2.05, 4.69) is 164 Å². The van der Waals surface area contributed by atoms with Gasteiger partial charge >= 0.3 is 0 Å². The first-order valence-corrected chi connectivity index (χ1v) is 17.7. The molecule has 0 aromatic heterocycles. The standard InChI is InChI=1S/C50H29N/c51-50-41-17-7-16-40-44-26-42-32(12-5-14-37(42)34-8-1-3-10-36(34)44)28-18-22-30(23-19-28)46(48(40)41)49-45-27-43-33(29-20-24-31(25-21-29)47(49)50)13-6-15-38(43)35-9-2-4-11-39(35)45/h1-27H,51H2. The molecule has 0 aliphatic heterocycles. The highest BCUT2D eigenvalue weighted by molar-refractivity contribution is 6.41. The van der Waals surface area contributed by atoms with Gasteiger partial charge in [-0.3, -0.25) is 0 Å². The van der Waals surface area contributed by atoms with Crippen molar-refractivity contribution in [1.82, 2.24) is 0 Å². The Balaban J connectivity index is 1.53. The lowest BCUT2D eigenvalue weighted by atomic mass is 9.87. The molecular formula is C50H29N. The summed E-state index contributed by atoms with van der Waals surface area (Å²) in [6.07, 6.45) is 0. The van der Waals surface area contributed by atoms with Crippen LogP contribution in [0.3, 0.4) is 0 Å². The number of nitrogen functional groups attached to an aromatic ring is 1. The smallest absolute Gasteiger partial charge is 0.0480 e. The van der Waals surface area contributed by atoms with Gasteiger partial charge in [0.25, 0.3) is 0 Å². The molecule has 1 nitrogen and oxygen atoms in total. The van der Waals surface area contributed by atoms with Gasteiger partial charge in [0.05, 0.1) is 0 Å². The van der Waals surface area contributed by atoms with Crippen LogP contribution in [-0.2, 0) is 0 Å². The zero-order valence-electron chi connectivity index (χ0n) is 27.7. The maximum atomic E-state index is 7.56. The monoisotopic (exact) mass is 643 g/mol. The minimum Gasteiger partial charge on any atom is -0.398 e. The van der Waals surface area contributed by atoms with Crippen molar-refractivity contribution in [3.05, 3.63) is 164 Å². The first kappa shape index (κ1) is 27.2. The number of hydrogen-bond acceptors (Lipinski definition) is 1. The second-order valence-corrected chi connectivity index (χ2v) is 14.2. The SMILES string of the molecule is Nc1c2cccc3c4cc5c(cccc5c5ccccc54)c4ccc(cc4)c(c23)c2c3cc4c(cccc4c4ccccc43)c3ccc(cc3)c12. The van der Waals surface area contributed by atoms with E-state index in [-0.39, 0.29) is 0 Å². The predicted octanol–water partition coefficient (Wildman–Crippen LogP) is 14.0. The van der Waals surface area contributed by atoms with Gasteiger partial charge in [0.1, 0.15) is 0 Å². The van der Waals surface area contributed by atoms with Gasteiger partial charge in [0.15, 0.2) is 0 Å². The fourth-order valence-electron chi connectivity index (χ4n) is 9.47. The zero-order chi connectivity index (χ0) is 33.4. The molecule has 0 amide bonds. The molecule has 14 aromatic carbocycles. The van der Waals surface area contributed by atoms with Crippen molar-refractivity contribution in [1.29, 1.82) is 0 Å². The van der Waals surface area contributed by atoms with Crippen molar-refractivity contribution < 1.29 is 0 Å². The second kappa shape index (κ2) is 9.72. The number of benzene rings is 10. The van der Waals surface area contributed by atoms with Crippen LogP contribution in [0, 0.1) is 0 Å². The van der Waals surface area contributed by atoms with E-state index in [1.165, 1.54) is 102 Å². The summed E-state index contributed by atoms with van der Waals surface area (Å²) in [4.78, 5) is 0. The quantitative estimate of drug-likeness (QED) is 0.129. The number of anilines is 1. The number of nitrogens with two attached hydrogens (primary N) is 1.